The van der Waals surface area contributed by atoms with Crippen LogP contribution in [0.2, 0.25) is 12.6 Å². The third kappa shape index (κ3) is 2.88. The quantitative estimate of drug-likeness (QED) is 0.436. The summed E-state index contributed by atoms with van der Waals surface area (Å²) in [4.78, 5) is 0. The highest BCUT2D eigenvalue weighted by Gasteiger charge is 2.08. The van der Waals surface area contributed by atoms with Gasteiger partial charge in [-0.1, -0.05) is 6.42 Å². The fourth-order valence-electron chi connectivity index (χ4n) is 0.902. The van der Waals surface area contributed by atoms with Crippen molar-refractivity contribution in [3.63, 3.8) is 0 Å². The van der Waals surface area contributed by atoms with Crippen molar-refractivity contribution in [2.45, 2.75) is 25.4 Å². The van der Waals surface area contributed by atoms with Crippen molar-refractivity contribution >= 4 is 26.4 Å². The average Bonchev–Trinajstić information content (AvgIpc) is 1.69. The van der Waals surface area contributed by atoms with Gasteiger partial charge in [0, 0.05) is 6.61 Å². The van der Waals surface area contributed by atoms with E-state index < -0.39 is 9.04 Å². The molecule has 1 aliphatic heterocycles. The van der Waals surface area contributed by atoms with Gasteiger partial charge in [-0.3, -0.25) is 0 Å². The topological polar surface area (TPSA) is 9.23 Å². The summed E-state index contributed by atoms with van der Waals surface area (Å²) in [5, 5.41) is 0. The molecule has 0 bridgehead atoms. The third-order valence-corrected chi connectivity index (χ3v) is 3.43. The fraction of sp³-hybridized carbons (Fsp3) is 1.00. The molecule has 1 atom stereocenters. The first kappa shape index (κ1) is 8.71. The Labute approximate surface area is 63.3 Å². The molecule has 8 heavy (non-hydrogen) atoms. The molecule has 3 heteroatoms. The maximum absolute atomic E-state index is 5.42. The minimum Gasteiger partial charge on any atom is -0.420 e. The Kier molecular flexibility index (Phi) is 4.98. The summed E-state index contributed by atoms with van der Waals surface area (Å²) in [6, 6.07) is 1.40. The van der Waals surface area contributed by atoms with Gasteiger partial charge in [0.25, 0.3) is 0 Å². The molecule has 0 aromatic rings. The zero-order valence-corrected chi connectivity index (χ0v) is 5.97. The van der Waals surface area contributed by atoms with E-state index in [1.165, 1.54) is 18.9 Å². The lowest BCUT2D eigenvalue weighted by Crippen LogP contribution is -2.18. The average molecular weight is 146 g/mol. The van der Waals surface area contributed by atoms with Crippen LogP contribution in [0.3, 0.4) is 0 Å². The summed E-state index contributed by atoms with van der Waals surface area (Å²) in [7, 11) is -0.595. The summed E-state index contributed by atoms with van der Waals surface area (Å²) < 4.78 is 5.42. The third-order valence-electron chi connectivity index (χ3n) is 1.41. The summed E-state index contributed by atoms with van der Waals surface area (Å²) in [6.07, 6.45) is 2.73. The summed E-state index contributed by atoms with van der Waals surface area (Å²) >= 11 is 0. The predicted octanol–water partition coefficient (Wildman–Crippen LogP) is -0.0335. The van der Waals surface area contributed by atoms with Crippen molar-refractivity contribution < 1.29 is 4.43 Å². The highest BCUT2D eigenvalue weighted by atomic mass is 28.3. The molecular weight excluding hydrogens is 131 g/mol. The predicted molar refractivity (Wildman–Crippen MR) is 42.9 cm³/mol. The van der Waals surface area contributed by atoms with Crippen LogP contribution in [-0.2, 0) is 4.43 Å². The van der Waals surface area contributed by atoms with Gasteiger partial charge in [0.1, 0.15) is 0 Å². The van der Waals surface area contributed by atoms with Gasteiger partial charge >= 0.3 is 0 Å². The molecule has 1 rings (SSSR count). The summed E-state index contributed by atoms with van der Waals surface area (Å²) in [5.41, 5.74) is 0. The molecule has 0 spiro atoms. The van der Waals surface area contributed by atoms with Crippen molar-refractivity contribution in [3.05, 3.63) is 0 Å². The highest BCUT2D eigenvalue weighted by Crippen LogP contribution is 2.09. The smallest absolute Gasteiger partial charge is 0.187 e. The van der Waals surface area contributed by atoms with E-state index in [-0.39, 0.29) is 17.4 Å². The monoisotopic (exact) mass is 146 g/mol. The maximum Gasteiger partial charge on any atom is 0.187 e. The molecule has 1 unspecified atom stereocenters. The van der Waals surface area contributed by atoms with E-state index >= 15 is 0 Å². The minimum atomic E-state index is -0.595. The molecule has 0 saturated carbocycles. The molecule has 0 aromatic heterocycles. The Hall–Kier alpha value is 0.709. The molecule has 1 fully saturated rings. The molecule has 1 nitrogen and oxygen atoms in total. The number of hydrogen-bond donors (Lipinski definition) is 0. The zero-order valence-electron chi connectivity index (χ0n) is 4.81. The van der Waals surface area contributed by atoms with Gasteiger partial charge in [0.05, 0.1) is 0 Å². The molecule has 0 aromatic carbocycles. The minimum absolute atomic E-state index is 0. The van der Waals surface area contributed by atoms with Crippen LogP contribution in [0, 0.1) is 0 Å². The molecule has 1 heterocycles. The molecule has 1 aliphatic rings. The van der Waals surface area contributed by atoms with Crippen LogP contribution < -0.4 is 0 Å². The number of rotatable bonds is 0. The van der Waals surface area contributed by atoms with E-state index in [9.17, 15) is 0 Å². The highest BCUT2D eigenvalue weighted by molar-refractivity contribution is 6.50. The Balaban J connectivity index is 0.000000490. The van der Waals surface area contributed by atoms with Gasteiger partial charge in [-0.2, -0.15) is 0 Å². The Bertz CT molecular complexity index is 54.4. The van der Waals surface area contributed by atoms with Crippen LogP contribution in [-0.4, -0.2) is 33.0 Å². The molecule has 0 radical (unpaired) electrons. The number of hydrogen-bond acceptors (Lipinski definition) is 1. The molecule has 0 aliphatic carbocycles. The van der Waals surface area contributed by atoms with E-state index in [0.29, 0.717) is 0 Å². The van der Waals surface area contributed by atoms with Crippen molar-refractivity contribution in [1.82, 2.24) is 0 Å². The Morgan fingerprint density at radius 1 is 1.38 bits per heavy atom. The van der Waals surface area contributed by atoms with Gasteiger partial charge < -0.3 is 4.43 Å². The Morgan fingerprint density at radius 2 is 2.12 bits per heavy atom. The largest absolute Gasteiger partial charge is 0.420 e. The molecule has 1 saturated heterocycles. The summed E-state index contributed by atoms with van der Waals surface area (Å²) in [5.74, 6) is 0. The first-order valence-corrected chi connectivity index (χ1v) is 5.45. The van der Waals surface area contributed by atoms with Crippen molar-refractivity contribution in [1.29, 1.82) is 0 Å². The van der Waals surface area contributed by atoms with Crippen LogP contribution in [0.5, 0.6) is 0 Å². The normalized spacial score (nSPS) is 28.9. The van der Waals surface area contributed by atoms with Gasteiger partial charge in [-0.25, -0.2) is 0 Å². The first-order valence-electron chi connectivity index (χ1n) is 3.01. The van der Waals surface area contributed by atoms with Gasteiger partial charge in [-0.15, -0.1) is 0 Å². The van der Waals surface area contributed by atoms with E-state index in [1.54, 1.807) is 0 Å². The zero-order chi connectivity index (χ0) is 5.11. The second kappa shape index (κ2) is 4.58. The van der Waals surface area contributed by atoms with E-state index in [1.807, 2.05) is 0 Å². The van der Waals surface area contributed by atoms with Crippen LogP contribution in [0.25, 0.3) is 0 Å². The molecule has 48 valence electrons. The van der Waals surface area contributed by atoms with Crippen LogP contribution in [0.1, 0.15) is 12.8 Å². The van der Waals surface area contributed by atoms with Crippen LogP contribution in [0.15, 0.2) is 0 Å². The van der Waals surface area contributed by atoms with Gasteiger partial charge in [-0.05, 0) is 19.0 Å². The van der Waals surface area contributed by atoms with E-state index in [4.69, 9.17) is 4.43 Å². The SMILES string of the molecule is C[SiH]1CCCCO1.[AlH3]. The maximum atomic E-state index is 5.42. The van der Waals surface area contributed by atoms with Crippen molar-refractivity contribution in [2.24, 2.45) is 0 Å². The standard InChI is InChI=1S/C5H12OSi.Al.3H/c1-7-5-3-2-4-6-7;;;;/h7H,2-5H2,1H3;;;;. The lowest BCUT2D eigenvalue weighted by atomic mass is 10.4. The van der Waals surface area contributed by atoms with Crippen molar-refractivity contribution in [2.75, 3.05) is 6.61 Å². The lowest BCUT2D eigenvalue weighted by Gasteiger charge is -2.16. The first-order chi connectivity index (χ1) is 3.39. The Morgan fingerprint density at radius 3 is 2.38 bits per heavy atom. The second-order valence-corrected chi connectivity index (χ2v) is 4.71. The van der Waals surface area contributed by atoms with E-state index in [0.717, 1.165) is 6.61 Å². The molecule has 0 amide bonds. The summed E-state index contributed by atoms with van der Waals surface area (Å²) in [6.45, 7) is 3.33. The fourth-order valence-corrected chi connectivity index (χ4v) is 2.50. The lowest BCUT2D eigenvalue weighted by molar-refractivity contribution is 0.291. The van der Waals surface area contributed by atoms with Crippen molar-refractivity contribution in [3.8, 4) is 0 Å². The molecule has 0 N–H and O–H groups in total. The van der Waals surface area contributed by atoms with E-state index in [2.05, 4.69) is 6.55 Å². The second-order valence-electron chi connectivity index (χ2n) is 2.18. The van der Waals surface area contributed by atoms with Crippen LogP contribution >= 0.6 is 0 Å². The molecular formula is C5H15AlOSi. The van der Waals surface area contributed by atoms with Crippen LogP contribution in [0.4, 0.5) is 0 Å². The van der Waals surface area contributed by atoms with Gasteiger partial charge in [0.2, 0.25) is 0 Å². The van der Waals surface area contributed by atoms with Gasteiger partial charge in [0.15, 0.2) is 26.4 Å².